The Morgan fingerprint density at radius 2 is 1.42 bits per heavy atom. The molecule has 0 spiro atoms. The number of rotatable bonds is 6. The van der Waals surface area contributed by atoms with Crippen molar-refractivity contribution in [2.45, 2.75) is 5.25 Å². The Hall–Kier alpha value is -1.58. The molecule has 0 aliphatic rings. The molecule has 2 aromatic carbocycles. The van der Waals surface area contributed by atoms with E-state index in [1.54, 1.807) is 11.8 Å². The Morgan fingerprint density at radius 1 is 0.947 bits per heavy atom. The fraction of sp³-hybridized carbons (Fsp3) is 0.188. The van der Waals surface area contributed by atoms with Crippen LogP contribution in [0.15, 0.2) is 60.7 Å². The minimum atomic E-state index is 0.0851. The number of carbonyl (C=O) groups excluding carboxylic acids is 1. The molecule has 0 radical (unpaired) electrons. The van der Waals surface area contributed by atoms with Gasteiger partial charge in [-0.3, -0.25) is 4.79 Å². The fourth-order valence-electron chi connectivity index (χ4n) is 1.88. The Morgan fingerprint density at radius 3 is 1.84 bits per heavy atom. The summed E-state index contributed by atoms with van der Waals surface area (Å²) >= 11 is 1.63. The van der Waals surface area contributed by atoms with Gasteiger partial charge in [-0.15, -0.1) is 11.8 Å². The maximum atomic E-state index is 11.4. The molecule has 0 aliphatic carbocycles. The van der Waals surface area contributed by atoms with Gasteiger partial charge >= 0.3 is 0 Å². The molecule has 2 aromatic rings. The van der Waals surface area contributed by atoms with Crippen LogP contribution in [0.2, 0.25) is 0 Å². The molecule has 19 heavy (non-hydrogen) atoms. The molecule has 0 unspecified atom stereocenters. The minimum Gasteiger partial charge on any atom is -0.324 e. The molecule has 0 bridgehead atoms. The third-order valence-corrected chi connectivity index (χ3v) is 4.21. The van der Waals surface area contributed by atoms with E-state index in [1.807, 2.05) is 36.4 Å². The molecule has 0 atom stereocenters. The molecule has 98 valence electrons. The Kier molecular flexibility index (Phi) is 5.19. The monoisotopic (exact) mass is 271 g/mol. The maximum absolute atomic E-state index is 11.4. The van der Waals surface area contributed by atoms with E-state index in [0.717, 1.165) is 0 Å². The third kappa shape index (κ3) is 3.94. The summed E-state index contributed by atoms with van der Waals surface area (Å²) in [6.07, 6.45) is 0. The summed E-state index contributed by atoms with van der Waals surface area (Å²) in [6, 6.07) is 20.5. The van der Waals surface area contributed by atoms with Gasteiger partial charge in [0.25, 0.3) is 0 Å². The Balaban J connectivity index is 2.21. The van der Waals surface area contributed by atoms with Crippen LogP contribution in [0.3, 0.4) is 0 Å². The average molecular weight is 271 g/mol. The molecule has 3 heteroatoms. The van der Waals surface area contributed by atoms with Gasteiger partial charge in [-0.05, 0) is 11.1 Å². The Bertz CT molecular complexity index is 473. The lowest BCUT2D eigenvalue weighted by molar-refractivity contribution is -0.115. The van der Waals surface area contributed by atoms with Gasteiger partial charge in [-0.2, -0.15) is 0 Å². The standard InChI is InChI=1S/C16H17NOS/c17-11-15(18)12-19-16(13-7-3-1-4-8-13)14-9-5-2-6-10-14/h1-10,16H,11-12,17H2. The summed E-state index contributed by atoms with van der Waals surface area (Å²) in [4.78, 5) is 11.4. The Labute approximate surface area is 118 Å². The summed E-state index contributed by atoms with van der Waals surface area (Å²) in [6.45, 7) is 0.114. The van der Waals surface area contributed by atoms with E-state index in [4.69, 9.17) is 5.73 Å². The van der Waals surface area contributed by atoms with Crippen molar-refractivity contribution in [1.82, 2.24) is 0 Å². The summed E-state index contributed by atoms with van der Waals surface area (Å²) < 4.78 is 0. The lowest BCUT2D eigenvalue weighted by Gasteiger charge is -2.17. The number of nitrogens with two attached hydrogens (primary N) is 1. The predicted octanol–water partition coefficient (Wildman–Crippen LogP) is 3.04. The highest BCUT2D eigenvalue weighted by molar-refractivity contribution is 8.00. The number of hydrogen-bond donors (Lipinski definition) is 1. The SMILES string of the molecule is NCC(=O)CSC(c1ccccc1)c1ccccc1. The minimum absolute atomic E-state index is 0.0851. The first-order chi connectivity index (χ1) is 9.31. The maximum Gasteiger partial charge on any atom is 0.156 e. The van der Waals surface area contributed by atoms with Crippen molar-refractivity contribution in [1.29, 1.82) is 0 Å². The molecule has 2 nitrogen and oxygen atoms in total. The summed E-state index contributed by atoms with van der Waals surface area (Å²) in [7, 11) is 0. The molecular weight excluding hydrogens is 254 g/mol. The van der Waals surface area contributed by atoms with Crippen molar-refractivity contribution in [3.63, 3.8) is 0 Å². The van der Waals surface area contributed by atoms with Crippen LogP contribution in [-0.2, 0) is 4.79 Å². The molecule has 0 aromatic heterocycles. The van der Waals surface area contributed by atoms with Gasteiger partial charge in [-0.1, -0.05) is 60.7 Å². The van der Waals surface area contributed by atoms with Crippen LogP contribution in [0.5, 0.6) is 0 Å². The van der Waals surface area contributed by atoms with Crippen LogP contribution in [0, 0.1) is 0 Å². The second-order valence-electron chi connectivity index (χ2n) is 4.26. The first-order valence-electron chi connectivity index (χ1n) is 6.24. The summed E-state index contributed by atoms with van der Waals surface area (Å²) in [5.41, 5.74) is 7.80. The smallest absolute Gasteiger partial charge is 0.156 e. The van der Waals surface area contributed by atoms with Gasteiger partial charge in [0.1, 0.15) is 0 Å². The van der Waals surface area contributed by atoms with Crippen LogP contribution in [0.4, 0.5) is 0 Å². The lowest BCUT2D eigenvalue weighted by Crippen LogP contribution is -2.16. The van der Waals surface area contributed by atoms with E-state index in [9.17, 15) is 4.79 Å². The first-order valence-corrected chi connectivity index (χ1v) is 7.29. The highest BCUT2D eigenvalue weighted by atomic mass is 32.2. The number of thioether (sulfide) groups is 1. The number of hydrogen-bond acceptors (Lipinski definition) is 3. The van der Waals surface area contributed by atoms with Crippen molar-refractivity contribution >= 4 is 17.5 Å². The fourth-order valence-corrected chi connectivity index (χ4v) is 3.05. The highest BCUT2D eigenvalue weighted by Crippen LogP contribution is 2.35. The van der Waals surface area contributed by atoms with E-state index in [0.29, 0.717) is 5.75 Å². The molecule has 2 rings (SSSR count). The number of carbonyl (C=O) groups is 1. The normalized spacial score (nSPS) is 10.6. The highest BCUT2D eigenvalue weighted by Gasteiger charge is 2.15. The number of benzene rings is 2. The summed E-state index contributed by atoms with van der Waals surface area (Å²) in [5.74, 6) is 0.534. The van der Waals surface area contributed by atoms with E-state index < -0.39 is 0 Å². The van der Waals surface area contributed by atoms with Crippen LogP contribution in [-0.4, -0.2) is 18.1 Å². The largest absolute Gasteiger partial charge is 0.324 e. The van der Waals surface area contributed by atoms with E-state index in [1.165, 1.54) is 11.1 Å². The molecule has 0 fully saturated rings. The van der Waals surface area contributed by atoms with Crippen molar-refractivity contribution < 1.29 is 4.79 Å². The van der Waals surface area contributed by atoms with Crippen molar-refractivity contribution in [3.8, 4) is 0 Å². The topological polar surface area (TPSA) is 43.1 Å². The van der Waals surface area contributed by atoms with Crippen molar-refractivity contribution in [3.05, 3.63) is 71.8 Å². The zero-order valence-electron chi connectivity index (χ0n) is 10.7. The quantitative estimate of drug-likeness (QED) is 0.878. The van der Waals surface area contributed by atoms with Crippen molar-refractivity contribution in [2.24, 2.45) is 5.73 Å². The molecule has 0 saturated heterocycles. The first kappa shape index (κ1) is 13.8. The molecule has 0 heterocycles. The molecule has 0 saturated carbocycles. The van der Waals surface area contributed by atoms with Crippen LogP contribution >= 0.6 is 11.8 Å². The molecule has 0 aliphatic heterocycles. The summed E-state index contributed by atoms with van der Waals surface area (Å²) in [5, 5.41) is 0.179. The van der Waals surface area contributed by atoms with Gasteiger partial charge in [0.15, 0.2) is 5.78 Å². The molecule has 0 amide bonds. The van der Waals surface area contributed by atoms with Gasteiger partial charge in [0, 0.05) is 0 Å². The van der Waals surface area contributed by atoms with Crippen LogP contribution < -0.4 is 5.73 Å². The zero-order chi connectivity index (χ0) is 13.5. The second kappa shape index (κ2) is 7.12. The van der Waals surface area contributed by atoms with Gasteiger partial charge in [-0.25, -0.2) is 0 Å². The predicted molar refractivity (Wildman–Crippen MR) is 81.2 cm³/mol. The zero-order valence-corrected chi connectivity index (χ0v) is 11.5. The number of ketones is 1. The molecular formula is C16H17NOS. The van der Waals surface area contributed by atoms with Crippen molar-refractivity contribution in [2.75, 3.05) is 12.3 Å². The van der Waals surface area contributed by atoms with Crippen LogP contribution in [0.1, 0.15) is 16.4 Å². The lowest BCUT2D eigenvalue weighted by atomic mass is 10.0. The van der Waals surface area contributed by atoms with Gasteiger partial charge in [0.05, 0.1) is 17.5 Å². The average Bonchev–Trinajstić information content (AvgIpc) is 2.49. The molecule has 2 N–H and O–H groups in total. The van der Waals surface area contributed by atoms with E-state index >= 15 is 0 Å². The van der Waals surface area contributed by atoms with Gasteiger partial charge < -0.3 is 5.73 Å². The van der Waals surface area contributed by atoms with E-state index in [-0.39, 0.29) is 17.6 Å². The number of Topliss-reactive ketones (excluding diaryl/α,β-unsaturated/α-hetero) is 1. The third-order valence-electron chi connectivity index (χ3n) is 2.84. The van der Waals surface area contributed by atoms with Gasteiger partial charge in [0.2, 0.25) is 0 Å². The van der Waals surface area contributed by atoms with E-state index in [2.05, 4.69) is 24.3 Å². The van der Waals surface area contributed by atoms with Crippen LogP contribution in [0.25, 0.3) is 0 Å². The second-order valence-corrected chi connectivity index (χ2v) is 5.35.